The molecule has 0 fully saturated rings. The maximum atomic E-state index is 2.48. The Labute approximate surface area is 118 Å². The van der Waals surface area contributed by atoms with Gasteiger partial charge in [0.05, 0.1) is 0 Å². The molecule has 0 bridgehead atoms. The monoisotopic (exact) mass is 256 g/mol. The zero-order chi connectivity index (χ0) is 14.4. The second-order valence-corrected chi connectivity index (χ2v) is 5.76. The fourth-order valence-corrected chi connectivity index (χ4v) is 2.54. The molecule has 0 aliphatic heterocycles. The van der Waals surface area contributed by atoms with Crippen LogP contribution in [0.1, 0.15) is 99.8 Å². The van der Waals surface area contributed by atoms with Gasteiger partial charge in [0, 0.05) is 0 Å². The van der Waals surface area contributed by atoms with E-state index in [-0.39, 0.29) is 0 Å². The largest absolute Gasteiger partial charge is 0.0683 e. The molecule has 0 aliphatic rings. The third-order valence-corrected chi connectivity index (χ3v) is 4.20. The maximum absolute atomic E-state index is 2.48. The zero-order valence-corrected chi connectivity index (χ0v) is 14.4. The first-order valence-corrected chi connectivity index (χ1v) is 8.65. The van der Waals surface area contributed by atoms with Gasteiger partial charge in [-0.2, -0.15) is 0 Å². The predicted molar refractivity (Wildman–Crippen MR) is 87.1 cm³/mol. The average Bonchev–Trinajstić information content (AvgIpc) is 2.42. The van der Waals surface area contributed by atoms with Crippen molar-refractivity contribution in [2.24, 2.45) is 17.8 Å². The first-order valence-electron chi connectivity index (χ1n) is 8.65. The van der Waals surface area contributed by atoms with Crippen molar-refractivity contribution in [1.82, 2.24) is 0 Å². The third-order valence-electron chi connectivity index (χ3n) is 4.20. The summed E-state index contributed by atoms with van der Waals surface area (Å²) in [6.45, 7) is 15.8. The van der Waals surface area contributed by atoms with Crippen LogP contribution in [0.15, 0.2) is 0 Å². The summed E-state index contributed by atoms with van der Waals surface area (Å²) in [5.41, 5.74) is 0. The summed E-state index contributed by atoms with van der Waals surface area (Å²) < 4.78 is 0. The van der Waals surface area contributed by atoms with E-state index >= 15 is 0 Å². The minimum Gasteiger partial charge on any atom is -0.0683 e. The number of rotatable bonds is 10. The van der Waals surface area contributed by atoms with Crippen molar-refractivity contribution in [3.8, 4) is 0 Å². The molecule has 0 aromatic heterocycles. The van der Waals surface area contributed by atoms with Gasteiger partial charge < -0.3 is 0 Å². The molecule has 3 unspecified atom stereocenters. The van der Waals surface area contributed by atoms with Crippen molar-refractivity contribution in [3.63, 3.8) is 0 Å². The van der Waals surface area contributed by atoms with Gasteiger partial charge in [0.2, 0.25) is 0 Å². The van der Waals surface area contributed by atoms with Crippen LogP contribution in [0.2, 0.25) is 0 Å². The smallest absolute Gasteiger partial charge is 0.0389 e. The van der Waals surface area contributed by atoms with Crippen LogP contribution in [-0.2, 0) is 0 Å². The van der Waals surface area contributed by atoms with E-state index in [1.807, 2.05) is 13.8 Å². The summed E-state index contributed by atoms with van der Waals surface area (Å²) in [5, 5.41) is 0. The number of unbranched alkanes of at least 4 members (excludes halogenated alkanes) is 1. The van der Waals surface area contributed by atoms with Gasteiger partial charge >= 0.3 is 0 Å². The fraction of sp³-hybridized carbons (Fsp3) is 1.00. The van der Waals surface area contributed by atoms with Crippen molar-refractivity contribution in [2.45, 2.75) is 99.8 Å². The predicted octanol–water partition coefficient (Wildman–Crippen LogP) is 7.08. The maximum Gasteiger partial charge on any atom is -0.0389 e. The van der Waals surface area contributed by atoms with Gasteiger partial charge in [0.15, 0.2) is 0 Å². The molecular weight excluding hydrogens is 216 g/mol. The van der Waals surface area contributed by atoms with Gasteiger partial charge in [-0.3, -0.25) is 0 Å². The second-order valence-electron chi connectivity index (χ2n) is 5.76. The van der Waals surface area contributed by atoms with Crippen LogP contribution in [0.25, 0.3) is 0 Å². The molecule has 0 aliphatic carbocycles. The van der Waals surface area contributed by atoms with E-state index < -0.39 is 0 Å². The summed E-state index contributed by atoms with van der Waals surface area (Å²) in [6.07, 6.45) is 11.3. The third kappa shape index (κ3) is 11.1. The summed E-state index contributed by atoms with van der Waals surface area (Å²) in [4.78, 5) is 0. The Bertz CT molecular complexity index is 139. The first-order chi connectivity index (χ1) is 8.65. The Morgan fingerprint density at radius 3 is 1.78 bits per heavy atom. The molecule has 0 nitrogen and oxygen atoms in total. The average molecular weight is 257 g/mol. The van der Waals surface area contributed by atoms with Gasteiger partial charge in [0.25, 0.3) is 0 Å². The Morgan fingerprint density at radius 2 is 1.33 bits per heavy atom. The molecule has 0 heteroatoms. The first kappa shape index (κ1) is 20.3. The summed E-state index contributed by atoms with van der Waals surface area (Å²) in [6, 6.07) is 0. The van der Waals surface area contributed by atoms with Crippen molar-refractivity contribution < 1.29 is 0 Å². The van der Waals surface area contributed by atoms with Crippen molar-refractivity contribution in [3.05, 3.63) is 0 Å². The van der Waals surface area contributed by atoms with Crippen LogP contribution in [0.3, 0.4) is 0 Å². The summed E-state index contributed by atoms with van der Waals surface area (Å²) in [5.74, 6) is 2.87. The number of hydrogen-bond donors (Lipinski definition) is 0. The molecule has 3 atom stereocenters. The highest BCUT2D eigenvalue weighted by Crippen LogP contribution is 2.28. The lowest BCUT2D eigenvalue weighted by atomic mass is 9.81. The molecule has 0 aromatic rings. The Morgan fingerprint density at radius 1 is 0.722 bits per heavy atom. The normalized spacial score (nSPS) is 15.5. The molecule has 0 saturated carbocycles. The van der Waals surface area contributed by atoms with E-state index in [4.69, 9.17) is 0 Å². The molecule has 0 aromatic carbocycles. The van der Waals surface area contributed by atoms with Gasteiger partial charge in [-0.1, -0.05) is 99.8 Å². The van der Waals surface area contributed by atoms with Gasteiger partial charge in [0.1, 0.15) is 0 Å². The zero-order valence-electron chi connectivity index (χ0n) is 14.4. The lowest BCUT2D eigenvalue weighted by molar-refractivity contribution is 0.271. The Balaban J connectivity index is 0. The van der Waals surface area contributed by atoms with Crippen LogP contribution in [0, 0.1) is 17.8 Å². The van der Waals surface area contributed by atoms with E-state index in [2.05, 4.69) is 34.6 Å². The Kier molecular flexibility index (Phi) is 17.0. The van der Waals surface area contributed by atoms with Crippen molar-refractivity contribution >= 4 is 0 Å². The van der Waals surface area contributed by atoms with Gasteiger partial charge in [-0.15, -0.1) is 0 Å². The quantitative estimate of drug-likeness (QED) is 0.391. The van der Waals surface area contributed by atoms with Crippen LogP contribution in [0.5, 0.6) is 0 Å². The van der Waals surface area contributed by atoms with E-state index in [1.165, 1.54) is 51.4 Å². The molecule has 112 valence electrons. The van der Waals surface area contributed by atoms with E-state index in [0.29, 0.717) is 0 Å². The summed E-state index contributed by atoms with van der Waals surface area (Å²) in [7, 11) is 0. The van der Waals surface area contributed by atoms with Crippen LogP contribution >= 0.6 is 0 Å². The standard InChI is InChI=1S/C16H34.C2H6/c1-6-9-11-16(10-7-2)15(5)13-12-14(4)8-3;1-2/h14-16H,6-13H2,1-5H3;1-2H3. The van der Waals surface area contributed by atoms with Crippen LogP contribution in [0.4, 0.5) is 0 Å². The van der Waals surface area contributed by atoms with Crippen LogP contribution < -0.4 is 0 Å². The molecule has 0 N–H and O–H groups in total. The lowest BCUT2D eigenvalue weighted by Crippen LogP contribution is -2.13. The highest BCUT2D eigenvalue weighted by atomic mass is 14.2. The molecule has 18 heavy (non-hydrogen) atoms. The fourth-order valence-electron chi connectivity index (χ4n) is 2.54. The van der Waals surface area contributed by atoms with Crippen LogP contribution in [-0.4, -0.2) is 0 Å². The van der Waals surface area contributed by atoms with Gasteiger partial charge in [-0.25, -0.2) is 0 Å². The van der Waals surface area contributed by atoms with E-state index in [9.17, 15) is 0 Å². The molecule has 0 radical (unpaired) electrons. The molecular formula is C18H40. The van der Waals surface area contributed by atoms with Crippen molar-refractivity contribution in [1.29, 1.82) is 0 Å². The Hall–Kier alpha value is 0. The number of hydrogen-bond acceptors (Lipinski definition) is 0. The molecule has 0 amide bonds. The highest BCUT2D eigenvalue weighted by molar-refractivity contribution is 4.67. The molecule has 0 rings (SSSR count). The highest BCUT2D eigenvalue weighted by Gasteiger charge is 2.16. The van der Waals surface area contributed by atoms with E-state index in [0.717, 1.165) is 17.8 Å². The molecule has 0 saturated heterocycles. The second kappa shape index (κ2) is 15.1. The topological polar surface area (TPSA) is 0 Å². The minimum absolute atomic E-state index is 0.927. The SMILES string of the molecule is CC.CCCCC(CCC)C(C)CCC(C)CC. The summed E-state index contributed by atoms with van der Waals surface area (Å²) >= 11 is 0. The molecule has 0 spiro atoms. The molecule has 0 heterocycles. The van der Waals surface area contributed by atoms with Gasteiger partial charge in [-0.05, 0) is 17.8 Å². The van der Waals surface area contributed by atoms with E-state index in [1.54, 1.807) is 0 Å². The van der Waals surface area contributed by atoms with Crippen molar-refractivity contribution in [2.75, 3.05) is 0 Å². The minimum atomic E-state index is 0.927. The lowest BCUT2D eigenvalue weighted by Gasteiger charge is -2.24.